The molecule has 0 aliphatic heterocycles. The summed E-state index contributed by atoms with van der Waals surface area (Å²) in [5.41, 5.74) is 0. The molecule has 0 aromatic carbocycles. The predicted molar refractivity (Wildman–Crippen MR) is 49.6 cm³/mol. The fourth-order valence-corrected chi connectivity index (χ4v) is 1.99. The highest BCUT2D eigenvalue weighted by molar-refractivity contribution is 5.81. The number of nitrogens with one attached hydrogen (secondary N) is 1. The zero-order valence-corrected chi connectivity index (χ0v) is 8.03. The lowest BCUT2D eigenvalue weighted by Gasteiger charge is -2.09. The first-order valence-corrected chi connectivity index (χ1v) is 5.20. The first-order valence-electron chi connectivity index (χ1n) is 5.20. The molecular formula is C10H15NO3. The molecule has 2 aliphatic carbocycles. The maximum atomic E-state index is 11.6. The average Bonchev–Trinajstić information content (AvgIpc) is 2.81. The largest absolute Gasteiger partial charge is 0.481 e. The number of amides is 1. The molecule has 0 saturated heterocycles. The van der Waals surface area contributed by atoms with Crippen LogP contribution in [0.25, 0.3) is 0 Å². The van der Waals surface area contributed by atoms with Crippen LogP contribution in [0.2, 0.25) is 0 Å². The van der Waals surface area contributed by atoms with Crippen LogP contribution in [0.4, 0.5) is 0 Å². The minimum Gasteiger partial charge on any atom is -0.481 e. The van der Waals surface area contributed by atoms with E-state index in [9.17, 15) is 9.59 Å². The molecule has 4 heteroatoms. The molecule has 78 valence electrons. The van der Waals surface area contributed by atoms with Gasteiger partial charge in [0.05, 0.1) is 5.92 Å². The van der Waals surface area contributed by atoms with Crippen LogP contribution < -0.4 is 5.32 Å². The van der Waals surface area contributed by atoms with Crippen molar-refractivity contribution in [1.82, 2.24) is 5.32 Å². The van der Waals surface area contributed by atoms with Gasteiger partial charge in [0.1, 0.15) is 0 Å². The van der Waals surface area contributed by atoms with Crippen LogP contribution in [-0.4, -0.2) is 23.0 Å². The van der Waals surface area contributed by atoms with Crippen LogP contribution in [0, 0.1) is 11.8 Å². The van der Waals surface area contributed by atoms with Crippen LogP contribution in [0.15, 0.2) is 0 Å². The summed E-state index contributed by atoms with van der Waals surface area (Å²) in [7, 11) is 0. The van der Waals surface area contributed by atoms with Gasteiger partial charge >= 0.3 is 5.97 Å². The molecule has 2 saturated carbocycles. The minimum absolute atomic E-state index is 0.0586. The molecule has 2 atom stereocenters. The number of aliphatic carboxylic acids is 1. The van der Waals surface area contributed by atoms with E-state index in [0.717, 1.165) is 19.3 Å². The summed E-state index contributed by atoms with van der Waals surface area (Å²) in [4.78, 5) is 22.2. The molecule has 4 nitrogen and oxygen atoms in total. The second-order valence-corrected chi connectivity index (χ2v) is 4.33. The standard InChI is InChI=1S/C10H15NO3/c12-9(11-8-3-4-8)6-1-2-7(5-6)10(13)14/h6-8H,1-5H2,(H,11,12)(H,13,14)/t6-,7+/m1/s1. The van der Waals surface area contributed by atoms with Gasteiger partial charge in [0.2, 0.25) is 5.91 Å². The van der Waals surface area contributed by atoms with Gasteiger partial charge in [-0.1, -0.05) is 0 Å². The lowest BCUT2D eigenvalue weighted by molar-refractivity contribution is -0.141. The van der Waals surface area contributed by atoms with E-state index >= 15 is 0 Å². The minimum atomic E-state index is -0.758. The summed E-state index contributed by atoms with van der Waals surface area (Å²) in [5, 5.41) is 11.7. The lowest BCUT2D eigenvalue weighted by Crippen LogP contribution is -2.31. The molecule has 0 aromatic rings. The van der Waals surface area contributed by atoms with Crippen molar-refractivity contribution in [3.8, 4) is 0 Å². The fourth-order valence-electron chi connectivity index (χ4n) is 1.99. The Morgan fingerprint density at radius 2 is 1.71 bits per heavy atom. The summed E-state index contributed by atoms with van der Waals surface area (Å²) >= 11 is 0. The van der Waals surface area contributed by atoms with Crippen molar-refractivity contribution in [2.24, 2.45) is 11.8 Å². The Bertz CT molecular complexity index is 260. The van der Waals surface area contributed by atoms with Crippen molar-refractivity contribution in [2.75, 3.05) is 0 Å². The summed E-state index contributed by atoms with van der Waals surface area (Å²) in [6.07, 6.45) is 4.07. The molecule has 0 spiro atoms. The summed E-state index contributed by atoms with van der Waals surface area (Å²) < 4.78 is 0. The molecule has 2 rings (SSSR count). The molecule has 1 amide bonds. The van der Waals surface area contributed by atoms with E-state index in [1.165, 1.54) is 0 Å². The topological polar surface area (TPSA) is 66.4 Å². The Morgan fingerprint density at radius 1 is 1.07 bits per heavy atom. The van der Waals surface area contributed by atoms with Gasteiger partial charge in [-0.15, -0.1) is 0 Å². The van der Waals surface area contributed by atoms with E-state index in [-0.39, 0.29) is 17.7 Å². The van der Waals surface area contributed by atoms with Gasteiger partial charge in [-0.05, 0) is 32.1 Å². The van der Waals surface area contributed by atoms with Crippen LogP contribution >= 0.6 is 0 Å². The van der Waals surface area contributed by atoms with Crippen molar-refractivity contribution in [3.63, 3.8) is 0 Å². The first kappa shape index (κ1) is 9.49. The van der Waals surface area contributed by atoms with E-state index < -0.39 is 5.97 Å². The Labute approximate surface area is 82.7 Å². The number of hydrogen-bond acceptors (Lipinski definition) is 2. The van der Waals surface area contributed by atoms with E-state index in [2.05, 4.69) is 5.32 Å². The normalized spacial score (nSPS) is 31.4. The Kier molecular flexibility index (Phi) is 2.44. The van der Waals surface area contributed by atoms with Crippen molar-refractivity contribution < 1.29 is 14.7 Å². The van der Waals surface area contributed by atoms with Gasteiger partial charge in [-0.25, -0.2) is 0 Å². The predicted octanol–water partition coefficient (Wildman–Crippen LogP) is 0.766. The highest BCUT2D eigenvalue weighted by Crippen LogP contribution is 2.32. The van der Waals surface area contributed by atoms with Crippen molar-refractivity contribution >= 4 is 11.9 Å². The molecule has 2 fully saturated rings. The van der Waals surface area contributed by atoms with E-state index in [0.29, 0.717) is 18.9 Å². The highest BCUT2D eigenvalue weighted by atomic mass is 16.4. The van der Waals surface area contributed by atoms with E-state index in [1.54, 1.807) is 0 Å². The Hall–Kier alpha value is -1.06. The summed E-state index contributed by atoms with van der Waals surface area (Å²) in [6, 6.07) is 0.381. The zero-order valence-electron chi connectivity index (χ0n) is 8.03. The molecule has 0 heterocycles. The Morgan fingerprint density at radius 3 is 2.21 bits per heavy atom. The average molecular weight is 197 g/mol. The quantitative estimate of drug-likeness (QED) is 0.702. The molecule has 14 heavy (non-hydrogen) atoms. The van der Waals surface area contributed by atoms with Crippen LogP contribution in [0.5, 0.6) is 0 Å². The number of carbonyl (C=O) groups is 2. The second-order valence-electron chi connectivity index (χ2n) is 4.33. The van der Waals surface area contributed by atoms with Gasteiger partial charge in [0.25, 0.3) is 0 Å². The van der Waals surface area contributed by atoms with Crippen molar-refractivity contribution in [3.05, 3.63) is 0 Å². The van der Waals surface area contributed by atoms with Crippen LogP contribution in [0.3, 0.4) is 0 Å². The maximum absolute atomic E-state index is 11.6. The van der Waals surface area contributed by atoms with Gasteiger partial charge in [-0.3, -0.25) is 9.59 Å². The summed E-state index contributed by atoms with van der Waals surface area (Å²) in [5.74, 6) is -1.05. The molecule has 0 bridgehead atoms. The van der Waals surface area contributed by atoms with Gasteiger partial charge in [-0.2, -0.15) is 0 Å². The maximum Gasteiger partial charge on any atom is 0.306 e. The first-order chi connectivity index (χ1) is 6.66. The van der Waals surface area contributed by atoms with Crippen LogP contribution in [-0.2, 0) is 9.59 Å². The third-order valence-electron chi connectivity index (χ3n) is 3.08. The fraction of sp³-hybridized carbons (Fsp3) is 0.800. The van der Waals surface area contributed by atoms with Crippen molar-refractivity contribution in [1.29, 1.82) is 0 Å². The monoisotopic (exact) mass is 197 g/mol. The number of carbonyl (C=O) groups excluding carboxylic acids is 1. The zero-order chi connectivity index (χ0) is 10.1. The van der Waals surface area contributed by atoms with Gasteiger partial charge in [0.15, 0.2) is 0 Å². The van der Waals surface area contributed by atoms with Crippen molar-refractivity contribution in [2.45, 2.75) is 38.1 Å². The van der Waals surface area contributed by atoms with E-state index in [4.69, 9.17) is 5.11 Å². The van der Waals surface area contributed by atoms with Gasteiger partial charge in [0, 0.05) is 12.0 Å². The third kappa shape index (κ3) is 2.05. The van der Waals surface area contributed by atoms with Gasteiger partial charge < -0.3 is 10.4 Å². The molecule has 2 N–H and O–H groups in total. The number of carboxylic acids is 1. The molecule has 2 aliphatic rings. The molecular weight excluding hydrogens is 182 g/mol. The smallest absolute Gasteiger partial charge is 0.306 e. The highest BCUT2D eigenvalue weighted by Gasteiger charge is 2.35. The molecule has 0 unspecified atom stereocenters. The SMILES string of the molecule is O=C(O)[C@H]1CC[C@@H](C(=O)NC2CC2)C1. The molecule has 0 radical (unpaired) electrons. The summed E-state index contributed by atoms with van der Waals surface area (Å²) in [6.45, 7) is 0. The second kappa shape index (κ2) is 3.59. The van der Waals surface area contributed by atoms with Crippen LogP contribution in [0.1, 0.15) is 32.1 Å². The number of hydrogen-bond donors (Lipinski definition) is 2. The number of rotatable bonds is 3. The molecule has 0 aromatic heterocycles. The lowest BCUT2D eigenvalue weighted by atomic mass is 10.0. The van der Waals surface area contributed by atoms with E-state index in [1.807, 2.05) is 0 Å². The third-order valence-corrected chi connectivity index (χ3v) is 3.08. The Balaban J connectivity index is 1.81. The number of carboxylic acid groups (broad SMARTS) is 1.